The molecular formula is C18H16N2O. The van der Waals surface area contributed by atoms with E-state index in [1.807, 2.05) is 42.5 Å². The van der Waals surface area contributed by atoms with E-state index in [9.17, 15) is 4.79 Å². The Labute approximate surface area is 123 Å². The number of benzene rings is 3. The van der Waals surface area contributed by atoms with Gasteiger partial charge in [-0.15, -0.1) is 0 Å². The van der Waals surface area contributed by atoms with Crippen molar-refractivity contribution in [3.63, 3.8) is 0 Å². The van der Waals surface area contributed by atoms with Crippen molar-refractivity contribution in [3.05, 3.63) is 77.9 Å². The first kappa shape index (κ1) is 13.2. The smallest absolute Gasteiger partial charge is 0.249 e. The van der Waals surface area contributed by atoms with Gasteiger partial charge >= 0.3 is 0 Å². The van der Waals surface area contributed by atoms with Crippen LogP contribution in [0.2, 0.25) is 0 Å². The summed E-state index contributed by atoms with van der Waals surface area (Å²) >= 11 is 0. The lowest BCUT2D eigenvalue weighted by atomic mass is 10.1. The van der Waals surface area contributed by atoms with Gasteiger partial charge in [0.25, 0.3) is 0 Å². The minimum atomic E-state index is -0.398. The number of carbonyl (C=O) groups is 1. The van der Waals surface area contributed by atoms with Gasteiger partial charge in [0.2, 0.25) is 5.91 Å². The van der Waals surface area contributed by atoms with Crippen LogP contribution in [0.25, 0.3) is 10.8 Å². The minimum Gasteiger partial charge on any atom is -0.380 e. The molecule has 0 aliphatic heterocycles. The number of anilines is 1. The van der Waals surface area contributed by atoms with E-state index in [-0.39, 0.29) is 0 Å². The summed E-state index contributed by atoms with van der Waals surface area (Å²) in [5.41, 5.74) is 7.92. The van der Waals surface area contributed by atoms with Gasteiger partial charge in [-0.05, 0) is 23.1 Å². The van der Waals surface area contributed by atoms with Crippen LogP contribution in [0.15, 0.2) is 66.7 Å². The number of amides is 1. The average molecular weight is 276 g/mol. The number of nitrogens with two attached hydrogens (primary N) is 1. The van der Waals surface area contributed by atoms with Crippen LogP contribution in [0, 0.1) is 0 Å². The summed E-state index contributed by atoms with van der Waals surface area (Å²) in [6, 6.07) is 21.7. The third-order valence-electron chi connectivity index (χ3n) is 3.54. The Kier molecular flexibility index (Phi) is 3.56. The molecule has 0 fully saturated rings. The van der Waals surface area contributed by atoms with E-state index in [0.717, 1.165) is 16.6 Å². The van der Waals surface area contributed by atoms with Crippen LogP contribution in [0.3, 0.4) is 0 Å². The van der Waals surface area contributed by atoms with Crippen LogP contribution in [-0.2, 0) is 6.54 Å². The van der Waals surface area contributed by atoms with Crippen molar-refractivity contribution < 1.29 is 4.79 Å². The van der Waals surface area contributed by atoms with E-state index in [4.69, 9.17) is 5.73 Å². The minimum absolute atomic E-state index is 0.398. The van der Waals surface area contributed by atoms with Crippen LogP contribution < -0.4 is 11.1 Å². The number of nitrogens with one attached hydrogen (secondary N) is 1. The molecule has 0 atom stereocenters. The molecule has 3 N–H and O–H groups in total. The molecule has 0 aliphatic carbocycles. The Balaban J connectivity index is 1.89. The van der Waals surface area contributed by atoms with Crippen molar-refractivity contribution in [3.8, 4) is 0 Å². The van der Waals surface area contributed by atoms with Crippen LogP contribution in [-0.4, -0.2) is 5.91 Å². The molecule has 0 radical (unpaired) electrons. The van der Waals surface area contributed by atoms with E-state index in [1.165, 1.54) is 5.39 Å². The highest BCUT2D eigenvalue weighted by Crippen LogP contribution is 2.23. The van der Waals surface area contributed by atoms with Gasteiger partial charge in [-0.1, -0.05) is 54.6 Å². The fourth-order valence-electron chi connectivity index (χ4n) is 2.48. The molecular weight excluding hydrogens is 260 g/mol. The summed E-state index contributed by atoms with van der Waals surface area (Å²) in [6.45, 7) is 0.563. The van der Waals surface area contributed by atoms with Gasteiger partial charge in [-0.2, -0.15) is 0 Å². The molecule has 3 aromatic rings. The first-order chi connectivity index (χ1) is 10.3. The fourth-order valence-corrected chi connectivity index (χ4v) is 2.48. The molecule has 104 valence electrons. The number of fused-ring (bicyclic) bond motifs is 1. The summed E-state index contributed by atoms with van der Waals surface area (Å²) in [4.78, 5) is 11.4. The zero-order chi connectivity index (χ0) is 14.7. The highest BCUT2D eigenvalue weighted by atomic mass is 16.1. The molecule has 3 aromatic carbocycles. The van der Waals surface area contributed by atoms with Crippen molar-refractivity contribution in [1.82, 2.24) is 0 Å². The number of hydrogen-bond acceptors (Lipinski definition) is 2. The Morgan fingerprint density at radius 3 is 2.48 bits per heavy atom. The molecule has 0 unspecified atom stereocenters. The Hall–Kier alpha value is -2.81. The highest BCUT2D eigenvalue weighted by molar-refractivity contribution is 5.95. The summed E-state index contributed by atoms with van der Waals surface area (Å²) in [5.74, 6) is -0.398. The molecule has 21 heavy (non-hydrogen) atoms. The van der Waals surface area contributed by atoms with Crippen molar-refractivity contribution in [2.75, 3.05) is 5.32 Å². The molecule has 0 bridgehead atoms. The zero-order valence-corrected chi connectivity index (χ0v) is 11.5. The molecule has 0 saturated heterocycles. The normalized spacial score (nSPS) is 10.5. The lowest BCUT2D eigenvalue weighted by molar-refractivity contribution is 0.0999. The van der Waals surface area contributed by atoms with E-state index in [0.29, 0.717) is 12.1 Å². The molecule has 3 rings (SSSR count). The maximum absolute atomic E-state index is 11.4. The van der Waals surface area contributed by atoms with Crippen molar-refractivity contribution in [1.29, 1.82) is 0 Å². The largest absolute Gasteiger partial charge is 0.380 e. The lowest BCUT2D eigenvalue weighted by Crippen LogP contribution is -2.15. The van der Waals surface area contributed by atoms with Crippen LogP contribution in [0.1, 0.15) is 15.9 Å². The monoisotopic (exact) mass is 276 g/mol. The topological polar surface area (TPSA) is 55.1 Å². The third-order valence-corrected chi connectivity index (χ3v) is 3.54. The molecule has 0 saturated carbocycles. The Morgan fingerprint density at radius 2 is 1.62 bits per heavy atom. The predicted octanol–water partition coefficient (Wildman–Crippen LogP) is 3.55. The maximum Gasteiger partial charge on any atom is 0.249 e. The standard InChI is InChI=1S/C18H16N2O/c19-18(21)16-10-4-2-7-14(16)12-20-17-11-5-8-13-6-1-3-9-15(13)17/h1-11,20H,12H2,(H2,19,21). The van der Waals surface area contributed by atoms with Crippen molar-refractivity contribution in [2.24, 2.45) is 5.73 Å². The molecule has 0 aromatic heterocycles. The van der Waals surface area contributed by atoms with Gasteiger partial charge < -0.3 is 11.1 Å². The second-order valence-electron chi connectivity index (χ2n) is 4.90. The summed E-state index contributed by atoms with van der Waals surface area (Å²) in [7, 11) is 0. The lowest BCUT2D eigenvalue weighted by Gasteiger charge is -2.11. The number of primary amides is 1. The van der Waals surface area contributed by atoms with Gasteiger partial charge in [0.05, 0.1) is 0 Å². The average Bonchev–Trinajstić information content (AvgIpc) is 2.53. The van der Waals surface area contributed by atoms with Gasteiger partial charge in [0.15, 0.2) is 0 Å². The van der Waals surface area contributed by atoms with E-state index in [1.54, 1.807) is 6.07 Å². The molecule has 1 amide bonds. The van der Waals surface area contributed by atoms with E-state index < -0.39 is 5.91 Å². The summed E-state index contributed by atoms with van der Waals surface area (Å²) in [5, 5.41) is 5.74. The molecule has 3 nitrogen and oxygen atoms in total. The quantitative estimate of drug-likeness (QED) is 0.765. The Morgan fingerprint density at radius 1 is 0.905 bits per heavy atom. The second kappa shape index (κ2) is 5.67. The van der Waals surface area contributed by atoms with Crippen LogP contribution in [0.4, 0.5) is 5.69 Å². The predicted molar refractivity (Wildman–Crippen MR) is 86.2 cm³/mol. The van der Waals surface area contributed by atoms with Gasteiger partial charge in [0.1, 0.15) is 0 Å². The first-order valence-electron chi connectivity index (χ1n) is 6.85. The summed E-state index contributed by atoms with van der Waals surface area (Å²) in [6.07, 6.45) is 0. The SMILES string of the molecule is NC(=O)c1ccccc1CNc1cccc2ccccc12. The van der Waals surface area contributed by atoms with Gasteiger partial charge in [-0.3, -0.25) is 4.79 Å². The molecule has 0 aliphatic rings. The van der Waals surface area contributed by atoms with Crippen molar-refractivity contribution >= 4 is 22.4 Å². The molecule has 0 spiro atoms. The maximum atomic E-state index is 11.4. The van der Waals surface area contributed by atoms with Crippen LogP contribution in [0.5, 0.6) is 0 Å². The van der Waals surface area contributed by atoms with E-state index in [2.05, 4.69) is 23.5 Å². The fraction of sp³-hybridized carbons (Fsp3) is 0.0556. The molecule has 3 heteroatoms. The number of hydrogen-bond donors (Lipinski definition) is 2. The second-order valence-corrected chi connectivity index (χ2v) is 4.90. The number of rotatable bonds is 4. The van der Waals surface area contributed by atoms with Crippen molar-refractivity contribution in [2.45, 2.75) is 6.54 Å². The highest BCUT2D eigenvalue weighted by Gasteiger charge is 2.07. The Bertz CT molecular complexity index is 791. The first-order valence-corrected chi connectivity index (χ1v) is 6.85. The van der Waals surface area contributed by atoms with Gasteiger partial charge in [-0.25, -0.2) is 0 Å². The van der Waals surface area contributed by atoms with Gasteiger partial charge in [0, 0.05) is 23.2 Å². The number of carbonyl (C=O) groups excluding carboxylic acids is 1. The summed E-state index contributed by atoms with van der Waals surface area (Å²) < 4.78 is 0. The molecule has 0 heterocycles. The zero-order valence-electron chi connectivity index (χ0n) is 11.5. The van der Waals surface area contributed by atoms with Crippen LogP contribution >= 0.6 is 0 Å². The third kappa shape index (κ3) is 2.72. The van der Waals surface area contributed by atoms with E-state index >= 15 is 0 Å².